The van der Waals surface area contributed by atoms with Crippen LogP contribution >= 0.6 is 24.0 Å². The standard InChI is InChI=1S/C21H32N6O3.HI/c1-22-20(25(2)15-16-9-10-17(29-3)14-18(16)30-4)23-11-7-13-27-21(28)26-12-6-5-8-19(26)24-27;/h9-10,14H,5-8,11-13,15H2,1-4H3,(H,22,23);1H. The zero-order chi connectivity index (χ0) is 21.5. The van der Waals surface area contributed by atoms with E-state index in [-0.39, 0.29) is 29.7 Å². The fourth-order valence-electron chi connectivity index (χ4n) is 3.72. The van der Waals surface area contributed by atoms with Gasteiger partial charge < -0.3 is 19.7 Å². The van der Waals surface area contributed by atoms with Crippen LogP contribution in [0.15, 0.2) is 28.0 Å². The Hall–Kier alpha value is -2.24. The first kappa shape index (κ1) is 25.0. The molecule has 1 N–H and O–H groups in total. The topological polar surface area (TPSA) is 85.9 Å². The first-order valence-corrected chi connectivity index (χ1v) is 10.4. The van der Waals surface area contributed by atoms with Crippen LogP contribution in [0.3, 0.4) is 0 Å². The van der Waals surface area contributed by atoms with Crippen molar-refractivity contribution in [2.45, 2.75) is 45.3 Å². The Bertz CT molecular complexity index is 940. The van der Waals surface area contributed by atoms with E-state index in [1.54, 1.807) is 25.9 Å². The molecule has 0 amide bonds. The van der Waals surface area contributed by atoms with Gasteiger partial charge in [-0.2, -0.15) is 5.10 Å². The lowest BCUT2D eigenvalue weighted by molar-refractivity contribution is 0.382. The van der Waals surface area contributed by atoms with Gasteiger partial charge in [0.2, 0.25) is 0 Å². The number of methoxy groups -OCH3 is 2. The van der Waals surface area contributed by atoms with Gasteiger partial charge in [-0.25, -0.2) is 9.48 Å². The minimum absolute atomic E-state index is 0. The average Bonchev–Trinajstić information content (AvgIpc) is 3.09. The number of rotatable bonds is 8. The Morgan fingerprint density at radius 2 is 2.10 bits per heavy atom. The third-order valence-corrected chi connectivity index (χ3v) is 5.34. The molecule has 0 spiro atoms. The lowest BCUT2D eigenvalue weighted by atomic mass is 10.2. The number of aryl methyl sites for hydroxylation is 2. The summed E-state index contributed by atoms with van der Waals surface area (Å²) >= 11 is 0. The van der Waals surface area contributed by atoms with E-state index in [1.165, 1.54) is 0 Å². The number of guanidine groups is 1. The molecule has 1 aliphatic heterocycles. The Balaban J connectivity index is 0.00000341. The van der Waals surface area contributed by atoms with Crippen LogP contribution in [0.1, 0.15) is 30.7 Å². The number of hydrogen-bond donors (Lipinski definition) is 1. The molecule has 9 nitrogen and oxygen atoms in total. The molecule has 0 saturated heterocycles. The number of nitrogens with zero attached hydrogens (tertiary/aromatic N) is 5. The summed E-state index contributed by atoms with van der Waals surface area (Å²) in [6, 6.07) is 5.79. The molecule has 0 saturated carbocycles. The second-order valence-corrected chi connectivity index (χ2v) is 7.39. The number of halogens is 1. The maximum atomic E-state index is 12.4. The second-order valence-electron chi connectivity index (χ2n) is 7.39. The molecule has 2 aromatic rings. The first-order chi connectivity index (χ1) is 14.6. The van der Waals surface area contributed by atoms with Crippen LogP contribution in [0.4, 0.5) is 0 Å². The van der Waals surface area contributed by atoms with Gasteiger partial charge in [0.15, 0.2) is 5.96 Å². The van der Waals surface area contributed by atoms with Crippen molar-refractivity contribution in [2.75, 3.05) is 34.9 Å². The highest BCUT2D eigenvalue weighted by atomic mass is 127. The van der Waals surface area contributed by atoms with Crippen molar-refractivity contribution in [2.24, 2.45) is 4.99 Å². The van der Waals surface area contributed by atoms with Crippen molar-refractivity contribution in [1.82, 2.24) is 24.6 Å². The molecule has 0 bridgehead atoms. The zero-order valence-electron chi connectivity index (χ0n) is 18.8. The number of aliphatic imine (C=N–C) groups is 1. The molecule has 3 rings (SSSR count). The Kier molecular flexibility index (Phi) is 9.66. The molecule has 1 aliphatic rings. The minimum Gasteiger partial charge on any atom is -0.497 e. The van der Waals surface area contributed by atoms with Crippen molar-refractivity contribution >= 4 is 29.9 Å². The number of nitrogens with one attached hydrogen (secondary N) is 1. The van der Waals surface area contributed by atoms with Gasteiger partial charge in [-0.1, -0.05) is 0 Å². The number of fused-ring (bicyclic) bond motifs is 1. The maximum absolute atomic E-state index is 12.4. The number of hydrogen-bond acceptors (Lipinski definition) is 5. The van der Waals surface area contributed by atoms with Crippen molar-refractivity contribution < 1.29 is 9.47 Å². The minimum atomic E-state index is 0. The van der Waals surface area contributed by atoms with Crippen LogP contribution in [-0.4, -0.2) is 60.1 Å². The lowest BCUT2D eigenvalue weighted by Crippen LogP contribution is -2.39. The van der Waals surface area contributed by atoms with Gasteiger partial charge in [0.25, 0.3) is 0 Å². The van der Waals surface area contributed by atoms with Crippen molar-refractivity contribution in [1.29, 1.82) is 0 Å². The van der Waals surface area contributed by atoms with Gasteiger partial charge in [-0.3, -0.25) is 9.56 Å². The summed E-state index contributed by atoms with van der Waals surface area (Å²) in [5.41, 5.74) is 1.05. The Labute approximate surface area is 200 Å². The molecule has 0 atom stereocenters. The third-order valence-electron chi connectivity index (χ3n) is 5.34. The van der Waals surface area contributed by atoms with E-state index in [0.717, 1.165) is 61.1 Å². The smallest absolute Gasteiger partial charge is 0.345 e. The van der Waals surface area contributed by atoms with Crippen LogP contribution in [-0.2, 0) is 26.1 Å². The van der Waals surface area contributed by atoms with Crippen molar-refractivity contribution in [3.05, 3.63) is 40.1 Å². The molecular weight excluding hydrogens is 511 g/mol. The van der Waals surface area contributed by atoms with Gasteiger partial charge >= 0.3 is 5.69 Å². The van der Waals surface area contributed by atoms with E-state index < -0.39 is 0 Å². The highest BCUT2D eigenvalue weighted by Gasteiger charge is 2.16. The fraction of sp³-hybridized carbons (Fsp3) is 0.571. The molecule has 0 aliphatic carbocycles. The largest absolute Gasteiger partial charge is 0.497 e. The van der Waals surface area contributed by atoms with Gasteiger partial charge in [0.05, 0.1) is 14.2 Å². The van der Waals surface area contributed by atoms with Crippen LogP contribution in [0.25, 0.3) is 0 Å². The van der Waals surface area contributed by atoms with E-state index >= 15 is 0 Å². The predicted octanol–water partition coefficient (Wildman–Crippen LogP) is 2.11. The molecular formula is C21H33IN6O3. The molecule has 10 heteroatoms. The Morgan fingerprint density at radius 1 is 1.29 bits per heavy atom. The van der Waals surface area contributed by atoms with Gasteiger partial charge in [-0.05, 0) is 31.4 Å². The van der Waals surface area contributed by atoms with Crippen LogP contribution in [0, 0.1) is 0 Å². The fourth-order valence-corrected chi connectivity index (χ4v) is 3.72. The quantitative estimate of drug-likeness (QED) is 0.237. The van der Waals surface area contributed by atoms with E-state index in [4.69, 9.17) is 9.47 Å². The molecule has 1 aromatic carbocycles. The second kappa shape index (κ2) is 12.0. The van der Waals surface area contributed by atoms with E-state index in [9.17, 15) is 4.79 Å². The molecule has 1 aromatic heterocycles. The third kappa shape index (κ3) is 6.14. The average molecular weight is 544 g/mol. The number of benzene rings is 1. The van der Waals surface area contributed by atoms with E-state index in [1.807, 2.05) is 34.7 Å². The summed E-state index contributed by atoms with van der Waals surface area (Å²) in [6.07, 6.45) is 3.85. The van der Waals surface area contributed by atoms with Gasteiger partial charge in [-0.15, -0.1) is 24.0 Å². The zero-order valence-corrected chi connectivity index (χ0v) is 21.1. The molecule has 0 radical (unpaired) electrons. The van der Waals surface area contributed by atoms with Crippen molar-refractivity contribution in [3.63, 3.8) is 0 Å². The van der Waals surface area contributed by atoms with Crippen LogP contribution in [0.5, 0.6) is 11.5 Å². The molecule has 172 valence electrons. The molecule has 0 unspecified atom stereocenters. The molecule has 31 heavy (non-hydrogen) atoms. The highest BCUT2D eigenvalue weighted by molar-refractivity contribution is 14.0. The SMILES string of the molecule is CN=C(NCCCn1nc2n(c1=O)CCCC2)N(C)Cc1ccc(OC)cc1OC.I. The van der Waals surface area contributed by atoms with Crippen LogP contribution < -0.4 is 20.5 Å². The maximum Gasteiger partial charge on any atom is 0.345 e. The van der Waals surface area contributed by atoms with Gasteiger partial charge in [0, 0.05) is 58.3 Å². The lowest BCUT2D eigenvalue weighted by Gasteiger charge is -2.23. The summed E-state index contributed by atoms with van der Waals surface area (Å²) in [4.78, 5) is 18.8. The monoisotopic (exact) mass is 544 g/mol. The van der Waals surface area contributed by atoms with Crippen LogP contribution in [0.2, 0.25) is 0 Å². The first-order valence-electron chi connectivity index (χ1n) is 10.4. The molecule has 2 heterocycles. The van der Waals surface area contributed by atoms with E-state index in [2.05, 4.69) is 15.4 Å². The Morgan fingerprint density at radius 3 is 2.77 bits per heavy atom. The molecule has 0 fully saturated rings. The predicted molar refractivity (Wildman–Crippen MR) is 132 cm³/mol. The summed E-state index contributed by atoms with van der Waals surface area (Å²) in [6.45, 7) is 2.73. The number of aromatic nitrogens is 3. The highest BCUT2D eigenvalue weighted by Crippen LogP contribution is 2.25. The summed E-state index contributed by atoms with van der Waals surface area (Å²) in [7, 11) is 7.03. The number of ether oxygens (including phenoxy) is 2. The summed E-state index contributed by atoms with van der Waals surface area (Å²) in [5.74, 6) is 3.24. The van der Waals surface area contributed by atoms with Crippen molar-refractivity contribution in [3.8, 4) is 11.5 Å². The normalized spacial score (nSPS) is 13.2. The summed E-state index contributed by atoms with van der Waals surface area (Å²) < 4.78 is 14.2. The van der Waals surface area contributed by atoms with Gasteiger partial charge in [0.1, 0.15) is 17.3 Å². The van der Waals surface area contributed by atoms with E-state index in [0.29, 0.717) is 19.6 Å². The summed E-state index contributed by atoms with van der Waals surface area (Å²) in [5, 5.41) is 7.85.